The molecule has 0 heterocycles. The number of rotatable bonds is 8. The van der Waals surface area contributed by atoms with Gasteiger partial charge in [-0.05, 0) is 72.3 Å². The summed E-state index contributed by atoms with van der Waals surface area (Å²) >= 11 is 0. The van der Waals surface area contributed by atoms with Crippen LogP contribution in [-0.2, 0) is 9.59 Å². The molecule has 164 valence electrons. The van der Waals surface area contributed by atoms with Crippen LogP contribution in [0.2, 0.25) is 0 Å². The first-order valence-corrected chi connectivity index (χ1v) is 10.3. The normalized spacial score (nSPS) is 10.2. The molecule has 0 saturated heterocycles. The van der Waals surface area contributed by atoms with E-state index in [-0.39, 0.29) is 0 Å². The second-order valence-corrected chi connectivity index (χ2v) is 7.04. The third-order valence-electron chi connectivity index (χ3n) is 4.72. The lowest BCUT2D eigenvalue weighted by Crippen LogP contribution is -1.90. The molecule has 0 atom stereocenters. The molecular weight excluding hydrogens is 428 g/mol. The lowest BCUT2D eigenvalue weighted by molar-refractivity contribution is 0.468. The van der Waals surface area contributed by atoms with Gasteiger partial charge in [-0.15, -0.1) is 0 Å². The number of ether oxygens (including phenoxy) is 2. The molecule has 0 amide bonds. The molecule has 4 aromatic rings. The Morgan fingerprint density at radius 1 is 0.588 bits per heavy atom. The van der Waals surface area contributed by atoms with Gasteiger partial charge in [-0.3, -0.25) is 0 Å². The SMILES string of the molecule is O=C=Nc1ccc(Oc2ccc(Oc3ccc(N=C=O)cc3)c(/C=C/c3ccccc3)c2)cc1. The van der Waals surface area contributed by atoms with Crippen molar-refractivity contribution in [2.24, 2.45) is 9.98 Å². The van der Waals surface area contributed by atoms with Gasteiger partial charge in [0.1, 0.15) is 23.0 Å². The number of carbonyl (C=O) groups excluding carboxylic acids is 2. The van der Waals surface area contributed by atoms with E-state index in [9.17, 15) is 9.59 Å². The first-order chi connectivity index (χ1) is 16.7. The van der Waals surface area contributed by atoms with Crippen molar-refractivity contribution in [1.29, 1.82) is 0 Å². The number of aliphatic imine (C=N–C) groups is 2. The summed E-state index contributed by atoms with van der Waals surface area (Å²) in [5, 5.41) is 0. The quantitative estimate of drug-likeness (QED) is 0.161. The molecule has 0 radical (unpaired) electrons. The molecule has 6 nitrogen and oxygen atoms in total. The molecule has 4 rings (SSSR count). The van der Waals surface area contributed by atoms with Crippen LogP contribution in [0.15, 0.2) is 107 Å². The van der Waals surface area contributed by atoms with Crippen molar-refractivity contribution < 1.29 is 19.1 Å². The number of hydrogen-bond donors (Lipinski definition) is 0. The van der Waals surface area contributed by atoms with Gasteiger partial charge in [-0.1, -0.05) is 42.5 Å². The Bertz CT molecular complexity index is 1380. The average molecular weight is 446 g/mol. The van der Waals surface area contributed by atoms with E-state index in [1.807, 2.05) is 54.6 Å². The predicted molar refractivity (Wildman–Crippen MR) is 130 cm³/mol. The third kappa shape index (κ3) is 6.02. The Morgan fingerprint density at radius 2 is 1.15 bits per heavy atom. The molecule has 4 aromatic carbocycles. The van der Waals surface area contributed by atoms with Crippen LogP contribution >= 0.6 is 0 Å². The molecule has 6 heteroatoms. The van der Waals surface area contributed by atoms with E-state index in [2.05, 4.69) is 9.98 Å². The van der Waals surface area contributed by atoms with E-state index >= 15 is 0 Å². The zero-order valence-electron chi connectivity index (χ0n) is 17.9. The lowest BCUT2D eigenvalue weighted by Gasteiger charge is -2.12. The molecular formula is C28H18N2O4. The number of hydrogen-bond acceptors (Lipinski definition) is 6. The Morgan fingerprint density at radius 3 is 1.74 bits per heavy atom. The summed E-state index contributed by atoms with van der Waals surface area (Å²) in [6.45, 7) is 0. The van der Waals surface area contributed by atoms with Gasteiger partial charge < -0.3 is 9.47 Å². The van der Waals surface area contributed by atoms with Crippen LogP contribution in [0.4, 0.5) is 11.4 Å². The largest absolute Gasteiger partial charge is 0.457 e. The fraction of sp³-hybridized carbons (Fsp3) is 0. The van der Waals surface area contributed by atoms with Crippen LogP contribution < -0.4 is 9.47 Å². The minimum Gasteiger partial charge on any atom is -0.457 e. The van der Waals surface area contributed by atoms with Crippen molar-refractivity contribution in [3.8, 4) is 23.0 Å². The van der Waals surface area contributed by atoms with E-state index < -0.39 is 0 Å². The Hall–Kier alpha value is -5.02. The minimum absolute atomic E-state index is 0.500. The maximum atomic E-state index is 10.4. The van der Waals surface area contributed by atoms with E-state index in [0.29, 0.717) is 34.4 Å². The summed E-state index contributed by atoms with van der Waals surface area (Å²) < 4.78 is 12.1. The highest BCUT2D eigenvalue weighted by atomic mass is 16.5. The molecule has 0 saturated carbocycles. The Labute approximate surface area is 196 Å². The summed E-state index contributed by atoms with van der Waals surface area (Å²) in [5.41, 5.74) is 2.85. The van der Waals surface area contributed by atoms with Gasteiger partial charge >= 0.3 is 0 Å². The van der Waals surface area contributed by atoms with Crippen molar-refractivity contribution in [2.45, 2.75) is 0 Å². The summed E-state index contributed by atoms with van der Waals surface area (Å²) in [4.78, 5) is 28.0. The van der Waals surface area contributed by atoms with Crippen LogP contribution in [0, 0.1) is 0 Å². The Balaban J connectivity index is 1.62. The number of benzene rings is 4. The molecule has 0 aliphatic carbocycles. The predicted octanol–water partition coefficient (Wildman–Crippen LogP) is 7.38. The first kappa shape index (κ1) is 22.2. The highest BCUT2D eigenvalue weighted by molar-refractivity contribution is 5.73. The van der Waals surface area contributed by atoms with Crippen molar-refractivity contribution in [3.05, 3.63) is 108 Å². The standard InChI is InChI=1S/C28H18N2O4/c31-19-29-23-8-12-25(13-9-23)33-27-16-17-28(34-26-14-10-24(11-15-26)30-20-32)22(18-27)7-6-21-4-2-1-3-5-21/h1-18H/b7-6+. The van der Waals surface area contributed by atoms with Crippen molar-refractivity contribution >= 4 is 35.7 Å². The van der Waals surface area contributed by atoms with Crippen LogP contribution in [0.1, 0.15) is 11.1 Å². The van der Waals surface area contributed by atoms with Gasteiger partial charge in [-0.25, -0.2) is 9.59 Å². The molecule has 0 N–H and O–H groups in total. The van der Waals surface area contributed by atoms with Gasteiger partial charge in [-0.2, -0.15) is 9.98 Å². The van der Waals surface area contributed by atoms with Crippen LogP contribution in [0.3, 0.4) is 0 Å². The minimum atomic E-state index is 0.500. The zero-order valence-corrected chi connectivity index (χ0v) is 17.9. The topological polar surface area (TPSA) is 77.3 Å². The molecule has 0 aromatic heterocycles. The van der Waals surface area contributed by atoms with Gasteiger partial charge in [0.2, 0.25) is 12.2 Å². The van der Waals surface area contributed by atoms with Crippen LogP contribution in [0.5, 0.6) is 23.0 Å². The van der Waals surface area contributed by atoms with Gasteiger partial charge in [0, 0.05) is 5.56 Å². The fourth-order valence-electron chi connectivity index (χ4n) is 3.11. The molecule has 0 unspecified atom stereocenters. The molecule has 0 bridgehead atoms. The van der Waals surface area contributed by atoms with Gasteiger partial charge in [0.15, 0.2) is 0 Å². The highest BCUT2D eigenvalue weighted by Gasteiger charge is 2.07. The Kier molecular flexibility index (Phi) is 7.19. The molecule has 0 aliphatic heterocycles. The van der Waals surface area contributed by atoms with Crippen LogP contribution in [0.25, 0.3) is 12.2 Å². The monoisotopic (exact) mass is 446 g/mol. The average Bonchev–Trinajstić information content (AvgIpc) is 2.87. The summed E-state index contributed by atoms with van der Waals surface area (Å²) in [7, 11) is 0. The first-order valence-electron chi connectivity index (χ1n) is 10.3. The smallest absolute Gasteiger partial charge is 0.240 e. The fourth-order valence-corrected chi connectivity index (χ4v) is 3.11. The van der Waals surface area contributed by atoms with Crippen molar-refractivity contribution in [1.82, 2.24) is 0 Å². The number of isocyanates is 2. The molecule has 0 aliphatic rings. The third-order valence-corrected chi connectivity index (χ3v) is 4.72. The second kappa shape index (κ2) is 11.0. The maximum absolute atomic E-state index is 10.4. The molecule has 0 fully saturated rings. The lowest BCUT2D eigenvalue weighted by atomic mass is 10.1. The second-order valence-electron chi connectivity index (χ2n) is 7.04. The summed E-state index contributed by atoms with van der Waals surface area (Å²) in [5.74, 6) is 2.44. The van der Waals surface area contributed by atoms with E-state index in [1.165, 1.54) is 12.2 Å². The maximum Gasteiger partial charge on any atom is 0.240 e. The van der Waals surface area contributed by atoms with Gasteiger partial charge in [0.05, 0.1) is 11.4 Å². The molecule has 34 heavy (non-hydrogen) atoms. The zero-order chi connectivity index (χ0) is 23.6. The van der Waals surface area contributed by atoms with E-state index in [1.54, 1.807) is 54.6 Å². The van der Waals surface area contributed by atoms with Gasteiger partial charge in [0.25, 0.3) is 0 Å². The summed E-state index contributed by atoms with van der Waals surface area (Å²) in [6, 6.07) is 29.0. The highest BCUT2D eigenvalue weighted by Crippen LogP contribution is 2.33. The number of nitrogens with zero attached hydrogens (tertiary/aromatic N) is 2. The van der Waals surface area contributed by atoms with E-state index in [4.69, 9.17) is 9.47 Å². The molecule has 0 spiro atoms. The van der Waals surface area contributed by atoms with Crippen LogP contribution in [-0.4, -0.2) is 12.2 Å². The van der Waals surface area contributed by atoms with E-state index in [0.717, 1.165) is 11.1 Å². The van der Waals surface area contributed by atoms with Crippen molar-refractivity contribution in [2.75, 3.05) is 0 Å². The van der Waals surface area contributed by atoms with Crippen molar-refractivity contribution in [3.63, 3.8) is 0 Å². The summed E-state index contributed by atoms with van der Waals surface area (Å²) in [6.07, 6.45) is 6.97.